The number of hydrogen-bond donors (Lipinski definition) is 0. The van der Waals surface area contributed by atoms with E-state index in [9.17, 15) is 0 Å². The van der Waals surface area contributed by atoms with E-state index in [0.29, 0.717) is 17.6 Å². The number of hydrogen-bond acceptors (Lipinski definition) is 6. The van der Waals surface area contributed by atoms with Crippen molar-refractivity contribution in [3.8, 4) is 102 Å². The van der Waals surface area contributed by atoms with Gasteiger partial charge in [0.1, 0.15) is 0 Å². The third-order valence-electron chi connectivity index (χ3n) is 26.7. The van der Waals surface area contributed by atoms with Gasteiger partial charge in [-0.05, 0) is 155 Å². The van der Waals surface area contributed by atoms with Gasteiger partial charge in [0, 0.05) is 139 Å². The van der Waals surface area contributed by atoms with Gasteiger partial charge in [-0.1, -0.05) is 334 Å². The predicted octanol–water partition coefficient (Wildman–Crippen LogP) is 31.2. The van der Waals surface area contributed by atoms with Crippen LogP contribution < -0.4 is 0 Å². The van der Waals surface area contributed by atoms with Crippen molar-refractivity contribution in [3.63, 3.8) is 0 Å². The summed E-state index contributed by atoms with van der Waals surface area (Å²) < 4.78 is 13.9. The number of benzene rings is 18. The average molecular weight is 1740 g/mol. The van der Waals surface area contributed by atoms with Crippen LogP contribution in [0.25, 0.3) is 244 Å². The molecule has 0 N–H and O–H groups in total. The molecule has 0 aliphatic heterocycles. The van der Waals surface area contributed by atoms with Crippen LogP contribution in [0.3, 0.4) is 0 Å². The first-order valence-electron chi connectivity index (χ1n) is 45.9. The van der Waals surface area contributed by atoms with Crippen molar-refractivity contribution in [2.75, 3.05) is 0 Å². The number of rotatable bonds is 12. The standard InChI is InChI=1S/C44H28N6.C41H27N3.C39H25N3/c1-4-14-29(15-5-1)42-46-43(30-16-6-2-7-17-30)48-44(47-42)50-39-23-13-10-20-33(39)35-25-24-31(26-40(35)50)37-27-41-36(28-45-37)34-21-11-12-22-38(34)49(41)32-18-8-3-9-19-32;1-3-11-28(12-4-1)29-19-22-32(23-20-29)44-38-17-9-7-15-33(38)35-24-21-30(25-40(35)44)37-26-41-36(27-42-37)34-16-8-10-18-39(34)43(41)31-13-5-2-6-14-31;1-2-12-29(13-3-1)41-37-17-9-7-15-32(37)34-25-40-35(24-39(34)41)28-19-21-33-31-14-6-8-16-36(31)42(38(33)23-28)30-20-18-26-10-4-5-11-27(26)22-30/h1-28H;1-27H;1-25H. The summed E-state index contributed by atoms with van der Waals surface area (Å²) >= 11 is 0. The van der Waals surface area contributed by atoms with Gasteiger partial charge in [0.25, 0.3) is 0 Å². The molecule has 10 aromatic heterocycles. The second-order valence-corrected chi connectivity index (χ2v) is 34.5. The van der Waals surface area contributed by atoms with Gasteiger partial charge < -0.3 is 22.8 Å². The zero-order valence-electron chi connectivity index (χ0n) is 73.6. The zero-order valence-corrected chi connectivity index (χ0v) is 73.6. The molecule has 28 aromatic rings. The highest BCUT2D eigenvalue weighted by Gasteiger charge is 2.25. The van der Waals surface area contributed by atoms with Gasteiger partial charge in [0.15, 0.2) is 11.6 Å². The molecule has 0 atom stereocenters. The maximum atomic E-state index is 5.11. The Morgan fingerprint density at radius 3 is 0.757 bits per heavy atom. The molecule has 12 heteroatoms. The highest BCUT2D eigenvalue weighted by atomic mass is 15.2. The number of pyridine rings is 3. The Morgan fingerprint density at radius 2 is 0.390 bits per heavy atom. The van der Waals surface area contributed by atoms with Crippen molar-refractivity contribution < 1.29 is 0 Å². The third kappa shape index (κ3) is 13.4. The van der Waals surface area contributed by atoms with E-state index in [2.05, 4.69) is 434 Å². The van der Waals surface area contributed by atoms with Crippen LogP contribution in [0.2, 0.25) is 0 Å². The fraction of sp³-hybridized carbons (Fsp3) is 0. The van der Waals surface area contributed by atoms with E-state index in [1.807, 2.05) is 79.3 Å². The van der Waals surface area contributed by atoms with Gasteiger partial charge in [-0.15, -0.1) is 0 Å². The van der Waals surface area contributed by atoms with Gasteiger partial charge in [-0.25, -0.2) is 4.98 Å². The Kier molecular flexibility index (Phi) is 19.0. The van der Waals surface area contributed by atoms with Crippen molar-refractivity contribution in [2.45, 2.75) is 0 Å². The summed E-state index contributed by atoms with van der Waals surface area (Å²) in [6.07, 6.45) is 6.08. The molecule has 0 saturated carbocycles. The summed E-state index contributed by atoms with van der Waals surface area (Å²) in [6.45, 7) is 0. The minimum absolute atomic E-state index is 0.564. The largest absolute Gasteiger partial charge is 0.309 e. The number of aromatic nitrogens is 12. The molecular weight excluding hydrogens is 1660 g/mol. The predicted molar refractivity (Wildman–Crippen MR) is 562 cm³/mol. The van der Waals surface area contributed by atoms with Crippen LogP contribution in [0, 0.1) is 0 Å². The minimum Gasteiger partial charge on any atom is -0.309 e. The lowest BCUT2D eigenvalue weighted by Gasteiger charge is -2.11. The molecule has 0 fully saturated rings. The SMILES string of the molecule is c1ccc(-c2ccc(-n3c4ccccc4c4ccc(-c5cc6c(cn5)c5ccccc5n6-c5ccccc5)cc43)cc2)cc1.c1ccc(-c2nc(-c3ccccc3)nc(-n3c4ccccc4c4ccc(-c5cc6c(cn5)c5ccccc5n6-c5ccccc5)cc43)n2)cc1.c1ccc(-n2c3ccccc3c3cnc(-c4ccc5c6ccccc6n(-c6ccc7ccccc7c6)c5c4)cc32)cc1. The van der Waals surface area contributed by atoms with Gasteiger partial charge in [0.05, 0.1) is 83.3 Å². The molecule has 0 amide bonds. The normalized spacial score (nSPS) is 11.7. The summed E-state index contributed by atoms with van der Waals surface area (Å²) in [5, 5.41) is 16.7. The molecule has 28 rings (SSSR count). The average Bonchev–Trinajstić information content (AvgIpc) is 1.65. The molecule has 0 saturated heterocycles. The van der Waals surface area contributed by atoms with Crippen LogP contribution in [0.5, 0.6) is 0 Å². The maximum absolute atomic E-state index is 5.11. The van der Waals surface area contributed by atoms with Crippen LogP contribution in [-0.4, -0.2) is 57.3 Å². The summed E-state index contributed by atoms with van der Waals surface area (Å²) in [5.74, 6) is 1.81. The summed E-state index contributed by atoms with van der Waals surface area (Å²) in [4.78, 5) is 30.2. The first-order valence-corrected chi connectivity index (χ1v) is 45.9. The Hall–Kier alpha value is -18.5. The zero-order chi connectivity index (χ0) is 89.7. The van der Waals surface area contributed by atoms with E-state index in [-0.39, 0.29) is 0 Å². The first kappa shape index (κ1) is 78.5. The molecular formula is C124H80N12. The number of para-hydroxylation sites is 9. The van der Waals surface area contributed by atoms with Gasteiger partial charge >= 0.3 is 0 Å². The van der Waals surface area contributed by atoms with Gasteiger partial charge in [-0.3, -0.25) is 19.5 Å². The molecule has 10 heterocycles. The van der Waals surface area contributed by atoms with E-state index in [1.54, 1.807) is 0 Å². The first-order chi connectivity index (χ1) is 67.5. The summed E-state index contributed by atoms with van der Waals surface area (Å²) in [7, 11) is 0. The van der Waals surface area contributed by atoms with Crippen LogP contribution in [-0.2, 0) is 0 Å². The second kappa shape index (κ2) is 32.8. The molecule has 0 spiro atoms. The lowest BCUT2D eigenvalue weighted by Crippen LogP contribution is -2.06. The number of nitrogens with zero attached hydrogens (tertiary/aromatic N) is 12. The van der Waals surface area contributed by atoms with Crippen molar-refractivity contribution >= 4 is 142 Å². The van der Waals surface area contributed by atoms with E-state index < -0.39 is 0 Å². The van der Waals surface area contributed by atoms with Crippen LogP contribution in [0.4, 0.5) is 0 Å². The molecule has 18 aromatic carbocycles. The Morgan fingerprint density at radius 1 is 0.140 bits per heavy atom. The van der Waals surface area contributed by atoms with Crippen molar-refractivity contribution in [1.29, 1.82) is 0 Å². The molecule has 0 radical (unpaired) electrons. The van der Waals surface area contributed by atoms with Crippen molar-refractivity contribution in [2.24, 2.45) is 0 Å². The Bertz CT molecular complexity index is 9470. The lowest BCUT2D eigenvalue weighted by molar-refractivity contribution is 0.953. The monoisotopic (exact) mass is 1740 g/mol. The van der Waals surface area contributed by atoms with Gasteiger partial charge in [0.2, 0.25) is 5.95 Å². The van der Waals surface area contributed by atoms with Crippen molar-refractivity contribution in [3.05, 3.63) is 486 Å². The second-order valence-electron chi connectivity index (χ2n) is 34.5. The quantitative estimate of drug-likeness (QED) is 0.121. The van der Waals surface area contributed by atoms with Crippen molar-refractivity contribution in [1.82, 2.24) is 57.3 Å². The lowest BCUT2D eigenvalue weighted by atomic mass is 10.1. The summed E-state index contributed by atoms with van der Waals surface area (Å²) in [5.41, 5.74) is 29.7. The molecule has 12 nitrogen and oxygen atoms in total. The van der Waals surface area contributed by atoms with Crippen LogP contribution in [0.1, 0.15) is 0 Å². The van der Waals surface area contributed by atoms with E-state index >= 15 is 0 Å². The topological polar surface area (TPSA) is 107 Å². The Balaban J connectivity index is 0.000000106. The van der Waals surface area contributed by atoms with Gasteiger partial charge in [-0.2, -0.15) is 9.97 Å². The van der Waals surface area contributed by atoms with E-state index in [0.717, 1.165) is 133 Å². The van der Waals surface area contributed by atoms with Crippen LogP contribution in [0.15, 0.2) is 486 Å². The fourth-order valence-electron chi connectivity index (χ4n) is 20.4. The highest BCUT2D eigenvalue weighted by molar-refractivity contribution is 6.16. The highest BCUT2D eigenvalue weighted by Crippen LogP contribution is 2.44. The Labute approximate surface area is 781 Å². The smallest absolute Gasteiger partial charge is 0.238 e. The third-order valence-corrected chi connectivity index (χ3v) is 26.7. The minimum atomic E-state index is 0.564. The number of fused-ring (bicyclic) bond motifs is 19. The van der Waals surface area contributed by atoms with E-state index in [4.69, 9.17) is 29.9 Å². The molecule has 136 heavy (non-hydrogen) atoms. The molecule has 0 bridgehead atoms. The fourth-order valence-corrected chi connectivity index (χ4v) is 20.4. The van der Waals surface area contributed by atoms with Crippen LogP contribution >= 0.6 is 0 Å². The van der Waals surface area contributed by atoms with E-state index in [1.165, 1.54) is 92.7 Å². The summed E-state index contributed by atoms with van der Waals surface area (Å²) in [6, 6.07) is 165. The molecule has 636 valence electrons. The molecule has 0 aliphatic carbocycles. The molecule has 0 aliphatic rings. The maximum Gasteiger partial charge on any atom is 0.238 e. The molecule has 0 unspecified atom stereocenters.